The van der Waals surface area contributed by atoms with Crippen LogP contribution in [0.15, 0.2) is 28.9 Å². The highest BCUT2D eigenvalue weighted by atomic mass is 79.9. The molecule has 102 valence electrons. The van der Waals surface area contributed by atoms with Gasteiger partial charge in [-0.3, -0.25) is 0 Å². The van der Waals surface area contributed by atoms with E-state index >= 15 is 0 Å². The number of H-pyrrole nitrogens is 1. The maximum absolute atomic E-state index is 6.23. The molecular weight excluding hydrogens is 326 g/mol. The summed E-state index contributed by atoms with van der Waals surface area (Å²) in [6.07, 6.45) is 6.12. The first-order valence-corrected chi connectivity index (χ1v) is 7.57. The number of aromatic amines is 1. The maximum atomic E-state index is 6.23. The number of rotatable bonds is 6. The molecule has 3 nitrogen and oxygen atoms in total. The van der Waals surface area contributed by atoms with Crippen molar-refractivity contribution in [1.29, 1.82) is 0 Å². The highest BCUT2D eigenvalue weighted by molar-refractivity contribution is 9.10. The average molecular weight is 343 g/mol. The van der Waals surface area contributed by atoms with Gasteiger partial charge in [0.05, 0.1) is 16.9 Å². The molecule has 3 N–H and O–H groups in total. The number of aryl methyl sites for hydroxylation is 1. The quantitative estimate of drug-likeness (QED) is 0.774. The van der Waals surface area contributed by atoms with Crippen LogP contribution in [0.2, 0.25) is 5.02 Å². The molecule has 0 aliphatic heterocycles. The largest absolute Gasteiger partial charge is 0.342 e. The smallest absolute Gasteiger partial charge is 0.106 e. The van der Waals surface area contributed by atoms with Crippen LogP contribution < -0.4 is 5.73 Å². The van der Waals surface area contributed by atoms with E-state index in [2.05, 4.69) is 25.9 Å². The van der Waals surface area contributed by atoms with Crippen LogP contribution in [0.1, 0.15) is 25.1 Å². The average Bonchev–Trinajstić information content (AvgIpc) is 2.83. The Hall–Kier alpha value is -0.840. The molecule has 5 heteroatoms. The van der Waals surface area contributed by atoms with Gasteiger partial charge in [0.25, 0.3) is 0 Å². The number of benzene rings is 1. The maximum Gasteiger partial charge on any atom is 0.106 e. The second-order valence-electron chi connectivity index (χ2n) is 4.47. The topological polar surface area (TPSA) is 54.7 Å². The molecule has 0 spiro atoms. The number of hydrogen-bond acceptors (Lipinski definition) is 2. The lowest BCUT2D eigenvalue weighted by molar-refractivity contribution is 0.673. The summed E-state index contributed by atoms with van der Waals surface area (Å²) in [7, 11) is 0. The molecule has 0 radical (unpaired) electrons. The molecule has 0 amide bonds. The number of nitrogens with two attached hydrogens (primary N) is 1. The van der Waals surface area contributed by atoms with Gasteiger partial charge < -0.3 is 10.7 Å². The molecule has 0 aliphatic carbocycles. The molecule has 0 atom stereocenters. The van der Waals surface area contributed by atoms with Crippen molar-refractivity contribution >= 4 is 27.5 Å². The third-order valence-electron chi connectivity index (χ3n) is 2.97. The highest BCUT2D eigenvalue weighted by Gasteiger charge is 2.07. The van der Waals surface area contributed by atoms with Gasteiger partial charge >= 0.3 is 0 Å². The van der Waals surface area contributed by atoms with Gasteiger partial charge in [-0.2, -0.15) is 0 Å². The van der Waals surface area contributed by atoms with Crippen LogP contribution in [0.4, 0.5) is 0 Å². The van der Waals surface area contributed by atoms with E-state index < -0.39 is 0 Å². The van der Waals surface area contributed by atoms with Crippen LogP contribution in [-0.4, -0.2) is 16.5 Å². The third-order valence-corrected chi connectivity index (χ3v) is 3.77. The van der Waals surface area contributed by atoms with Crippen molar-refractivity contribution in [3.63, 3.8) is 0 Å². The lowest BCUT2D eigenvalue weighted by Crippen LogP contribution is -1.98. The number of hydrogen-bond donors (Lipinski definition) is 2. The van der Waals surface area contributed by atoms with E-state index in [9.17, 15) is 0 Å². The summed E-state index contributed by atoms with van der Waals surface area (Å²) >= 11 is 9.63. The highest BCUT2D eigenvalue weighted by Crippen LogP contribution is 2.29. The number of unbranched alkanes of at least 4 members (excludes halogenated alkanes) is 2. The molecule has 2 rings (SSSR count). The van der Waals surface area contributed by atoms with E-state index in [1.807, 2.05) is 24.4 Å². The first kappa shape index (κ1) is 14.6. The minimum absolute atomic E-state index is 0.715. The molecule has 0 unspecified atom stereocenters. The number of imidazole rings is 1. The summed E-state index contributed by atoms with van der Waals surface area (Å²) in [5.74, 6) is 1.01. The van der Waals surface area contributed by atoms with Crippen LogP contribution in [0.5, 0.6) is 0 Å². The molecule has 2 aromatic rings. The van der Waals surface area contributed by atoms with Crippen molar-refractivity contribution < 1.29 is 0 Å². The number of nitrogens with zero attached hydrogens (tertiary/aromatic N) is 1. The minimum Gasteiger partial charge on any atom is -0.342 e. The van der Waals surface area contributed by atoms with Gasteiger partial charge in [0, 0.05) is 16.5 Å². The summed E-state index contributed by atoms with van der Waals surface area (Å²) in [4.78, 5) is 7.72. The van der Waals surface area contributed by atoms with E-state index in [4.69, 9.17) is 17.3 Å². The molecule has 0 aliphatic rings. The second-order valence-corrected chi connectivity index (χ2v) is 5.79. The van der Waals surface area contributed by atoms with Gasteiger partial charge in [-0.1, -0.05) is 40.0 Å². The molecule has 1 aromatic heterocycles. The van der Waals surface area contributed by atoms with Gasteiger partial charge in [0.1, 0.15) is 5.82 Å². The van der Waals surface area contributed by atoms with Crippen LogP contribution in [0.3, 0.4) is 0 Å². The SMILES string of the molecule is NCCCCCc1ncc(-c2ccc(Br)cc2Cl)[nH]1. The summed E-state index contributed by atoms with van der Waals surface area (Å²) in [6.45, 7) is 0.762. The van der Waals surface area contributed by atoms with Crippen molar-refractivity contribution in [2.75, 3.05) is 6.54 Å². The van der Waals surface area contributed by atoms with Crippen molar-refractivity contribution in [3.8, 4) is 11.3 Å². The van der Waals surface area contributed by atoms with E-state index in [-0.39, 0.29) is 0 Å². The monoisotopic (exact) mass is 341 g/mol. The van der Waals surface area contributed by atoms with E-state index in [1.165, 1.54) is 0 Å². The molecule has 1 aromatic carbocycles. The fourth-order valence-electron chi connectivity index (χ4n) is 1.95. The van der Waals surface area contributed by atoms with Crippen molar-refractivity contribution in [1.82, 2.24) is 9.97 Å². The van der Waals surface area contributed by atoms with E-state index in [1.54, 1.807) is 0 Å². The normalized spacial score (nSPS) is 10.9. The Morgan fingerprint density at radius 1 is 1.26 bits per heavy atom. The Labute approximate surface area is 126 Å². The summed E-state index contributed by atoms with van der Waals surface area (Å²) in [5, 5.41) is 0.715. The molecule has 0 fully saturated rings. The standard InChI is InChI=1S/C14H17BrClN3/c15-10-5-6-11(12(16)8-10)13-9-18-14(19-13)4-2-1-3-7-17/h5-6,8-9H,1-4,7,17H2,(H,18,19). The Bertz CT molecular complexity index is 539. The zero-order chi connectivity index (χ0) is 13.7. The zero-order valence-corrected chi connectivity index (χ0v) is 13.0. The summed E-state index contributed by atoms with van der Waals surface area (Å²) in [6, 6.07) is 5.85. The van der Waals surface area contributed by atoms with Crippen molar-refractivity contribution in [2.45, 2.75) is 25.7 Å². The van der Waals surface area contributed by atoms with E-state index in [0.717, 1.165) is 53.8 Å². The molecule has 1 heterocycles. The summed E-state index contributed by atoms with van der Waals surface area (Å²) in [5.41, 5.74) is 7.42. The number of halogens is 2. The predicted molar refractivity (Wildman–Crippen MR) is 83.3 cm³/mol. The Balaban J connectivity index is 2.04. The van der Waals surface area contributed by atoms with Crippen molar-refractivity contribution in [2.24, 2.45) is 5.73 Å². The van der Waals surface area contributed by atoms with Gasteiger partial charge in [-0.05, 0) is 31.5 Å². The predicted octanol–water partition coefficient (Wildman–Crippen LogP) is 4.16. The first-order valence-electron chi connectivity index (χ1n) is 6.40. The Morgan fingerprint density at radius 2 is 2.11 bits per heavy atom. The third kappa shape index (κ3) is 4.06. The fraction of sp³-hybridized carbons (Fsp3) is 0.357. The van der Waals surface area contributed by atoms with Crippen LogP contribution in [0.25, 0.3) is 11.3 Å². The zero-order valence-electron chi connectivity index (χ0n) is 10.6. The minimum atomic E-state index is 0.715. The second kappa shape index (κ2) is 7.08. The van der Waals surface area contributed by atoms with Gasteiger partial charge in [-0.15, -0.1) is 0 Å². The van der Waals surface area contributed by atoms with Gasteiger partial charge in [0.15, 0.2) is 0 Å². The van der Waals surface area contributed by atoms with Gasteiger partial charge in [-0.25, -0.2) is 4.98 Å². The number of aromatic nitrogens is 2. The van der Waals surface area contributed by atoms with Crippen molar-refractivity contribution in [3.05, 3.63) is 39.7 Å². The van der Waals surface area contributed by atoms with Crippen LogP contribution in [0, 0.1) is 0 Å². The molecule has 0 saturated heterocycles. The lowest BCUT2D eigenvalue weighted by Gasteiger charge is -2.02. The van der Waals surface area contributed by atoms with Crippen LogP contribution >= 0.6 is 27.5 Å². The molecule has 19 heavy (non-hydrogen) atoms. The molecule has 0 bridgehead atoms. The summed E-state index contributed by atoms with van der Waals surface area (Å²) < 4.78 is 0.975. The molecule has 0 saturated carbocycles. The number of nitrogens with one attached hydrogen (secondary N) is 1. The lowest BCUT2D eigenvalue weighted by atomic mass is 10.2. The fourth-order valence-corrected chi connectivity index (χ4v) is 2.72. The first-order chi connectivity index (χ1) is 9.20. The molecular formula is C14H17BrClN3. The van der Waals surface area contributed by atoms with E-state index in [0.29, 0.717) is 5.02 Å². The Kier molecular flexibility index (Phi) is 5.43. The Morgan fingerprint density at radius 3 is 2.84 bits per heavy atom. The van der Waals surface area contributed by atoms with Crippen LogP contribution in [-0.2, 0) is 6.42 Å². The van der Waals surface area contributed by atoms with Gasteiger partial charge in [0.2, 0.25) is 0 Å².